The molecule has 224 valence electrons. The molecule has 13 heteroatoms. The van der Waals surface area contributed by atoms with Gasteiger partial charge in [-0.05, 0) is 37.3 Å². The molecule has 0 saturated carbocycles. The number of ether oxygens (including phenoxy) is 1. The number of nitrogens with one attached hydrogen (secondary N) is 2. The van der Waals surface area contributed by atoms with Gasteiger partial charge in [0, 0.05) is 22.5 Å². The number of alkyl halides is 2. The molecule has 0 radical (unpaired) electrons. The number of aromatic nitrogens is 2. The number of carbonyl (C=O) groups is 3. The van der Waals surface area contributed by atoms with Gasteiger partial charge >= 0.3 is 6.09 Å². The molecule has 3 aromatic carbocycles. The molecule has 1 aliphatic heterocycles. The molecule has 1 atom stereocenters. The van der Waals surface area contributed by atoms with Crippen molar-refractivity contribution in [1.82, 2.24) is 15.1 Å². The molecule has 3 amide bonds. The third-order valence-corrected chi connectivity index (χ3v) is 7.02. The van der Waals surface area contributed by atoms with Crippen molar-refractivity contribution >= 4 is 29.3 Å². The number of amides is 3. The average molecular weight is 601 g/mol. The first-order valence-electron chi connectivity index (χ1n) is 13.5. The molecule has 0 bridgehead atoms. The number of benzene rings is 3. The van der Waals surface area contributed by atoms with E-state index >= 15 is 8.78 Å². The fourth-order valence-electron chi connectivity index (χ4n) is 4.92. The van der Waals surface area contributed by atoms with E-state index in [-0.39, 0.29) is 65.1 Å². The summed E-state index contributed by atoms with van der Waals surface area (Å²) in [7, 11) is 0. The normalized spacial score (nSPS) is 14.4. The number of hydrogen-bond donors (Lipinski definition) is 3. The maximum atomic E-state index is 15.1. The summed E-state index contributed by atoms with van der Waals surface area (Å²) in [5, 5.41) is 27.2. The lowest BCUT2D eigenvalue weighted by molar-refractivity contribution is 0.0428. The Bertz CT molecular complexity index is 1750. The Morgan fingerprint density at radius 3 is 2.50 bits per heavy atom. The number of hydrogen-bond acceptors (Lipinski definition) is 6. The topological polar surface area (TPSA) is 150 Å². The van der Waals surface area contributed by atoms with Gasteiger partial charge in [0.2, 0.25) is 0 Å². The van der Waals surface area contributed by atoms with E-state index in [1.54, 1.807) is 25.1 Å². The van der Waals surface area contributed by atoms with Crippen LogP contribution in [0.25, 0.3) is 0 Å². The van der Waals surface area contributed by atoms with Gasteiger partial charge in [0.1, 0.15) is 24.1 Å². The molecule has 11 nitrogen and oxygen atoms in total. The standard InChI is InChI=1S/C31H26F2N6O5/c1-19-18-38-27(29(41)39(19)24-10-7-22(8-11-24)31(32,33)21-5-3-2-4-6-21)25(17-36-38)28(40)37-23-9-12-26(20(15-23)16-34)44-14-13-35-30(42)43/h2-12,15,17,19,35H,13-14,18H2,1H3,(H,37,40)(H,42,43). The van der Waals surface area contributed by atoms with Crippen molar-refractivity contribution in [3.05, 3.63) is 107 Å². The second-order valence-corrected chi connectivity index (χ2v) is 9.96. The average Bonchev–Trinajstić information content (AvgIpc) is 3.44. The molecule has 3 N–H and O–H groups in total. The van der Waals surface area contributed by atoms with E-state index in [0.717, 1.165) is 0 Å². The Hall–Kier alpha value is -5.77. The predicted molar refractivity (Wildman–Crippen MR) is 155 cm³/mol. The molecule has 0 spiro atoms. The minimum Gasteiger partial charge on any atom is -0.490 e. The van der Waals surface area contributed by atoms with Crippen molar-refractivity contribution in [1.29, 1.82) is 5.26 Å². The summed E-state index contributed by atoms with van der Waals surface area (Å²) in [5.41, 5.74) is 0.412. The van der Waals surface area contributed by atoms with Crippen LogP contribution in [0.3, 0.4) is 0 Å². The van der Waals surface area contributed by atoms with Gasteiger partial charge in [-0.15, -0.1) is 0 Å². The minimum absolute atomic E-state index is 0.00212. The molecule has 1 aromatic heterocycles. The zero-order valence-electron chi connectivity index (χ0n) is 23.3. The van der Waals surface area contributed by atoms with Crippen molar-refractivity contribution in [3.63, 3.8) is 0 Å². The molecule has 44 heavy (non-hydrogen) atoms. The number of rotatable bonds is 9. The molecule has 0 saturated heterocycles. The summed E-state index contributed by atoms with van der Waals surface area (Å²) < 4.78 is 37.0. The van der Waals surface area contributed by atoms with Crippen LogP contribution < -0.4 is 20.3 Å². The van der Waals surface area contributed by atoms with Crippen LogP contribution in [0.2, 0.25) is 0 Å². The Morgan fingerprint density at radius 1 is 1.11 bits per heavy atom. The van der Waals surface area contributed by atoms with Gasteiger partial charge in [-0.3, -0.25) is 14.3 Å². The van der Waals surface area contributed by atoms with Gasteiger partial charge in [0.25, 0.3) is 17.7 Å². The summed E-state index contributed by atoms with van der Waals surface area (Å²) in [6, 6.07) is 18.8. The molecular weight excluding hydrogens is 574 g/mol. The first-order valence-corrected chi connectivity index (χ1v) is 13.5. The van der Waals surface area contributed by atoms with Crippen molar-refractivity contribution < 1.29 is 33.0 Å². The van der Waals surface area contributed by atoms with E-state index < -0.39 is 23.8 Å². The van der Waals surface area contributed by atoms with Gasteiger partial charge in [0.15, 0.2) is 0 Å². The third-order valence-electron chi connectivity index (χ3n) is 7.02. The number of nitriles is 1. The molecule has 4 aromatic rings. The molecule has 1 aliphatic rings. The molecule has 5 rings (SSSR count). The second kappa shape index (κ2) is 12.2. The summed E-state index contributed by atoms with van der Waals surface area (Å²) in [6.07, 6.45) is 0.0763. The summed E-state index contributed by atoms with van der Waals surface area (Å²) in [4.78, 5) is 39.0. The van der Waals surface area contributed by atoms with Crippen LogP contribution in [0.15, 0.2) is 79.0 Å². The van der Waals surface area contributed by atoms with Crippen molar-refractivity contribution in [3.8, 4) is 11.8 Å². The summed E-state index contributed by atoms with van der Waals surface area (Å²) >= 11 is 0. The highest BCUT2D eigenvalue weighted by molar-refractivity contribution is 6.15. The van der Waals surface area contributed by atoms with Gasteiger partial charge in [0.05, 0.1) is 36.5 Å². The maximum Gasteiger partial charge on any atom is 0.404 e. The highest BCUT2D eigenvalue weighted by atomic mass is 19.3. The maximum absolute atomic E-state index is 15.1. The Kier molecular flexibility index (Phi) is 8.25. The lowest BCUT2D eigenvalue weighted by Crippen LogP contribution is -2.47. The van der Waals surface area contributed by atoms with E-state index in [1.165, 1.54) is 70.4 Å². The van der Waals surface area contributed by atoms with E-state index in [2.05, 4.69) is 15.7 Å². The molecule has 1 unspecified atom stereocenters. The van der Waals surface area contributed by atoms with Crippen molar-refractivity contribution in [2.75, 3.05) is 23.4 Å². The minimum atomic E-state index is -3.23. The summed E-state index contributed by atoms with van der Waals surface area (Å²) in [5.74, 6) is -4.19. The Morgan fingerprint density at radius 2 is 1.82 bits per heavy atom. The van der Waals surface area contributed by atoms with Crippen LogP contribution >= 0.6 is 0 Å². The van der Waals surface area contributed by atoms with E-state index in [9.17, 15) is 19.6 Å². The van der Waals surface area contributed by atoms with Crippen LogP contribution in [0, 0.1) is 11.3 Å². The number of carbonyl (C=O) groups excluding carboxylic acids is 2. The quantitative estimate of drug-likeness (QED) is 0.233. The molecule has 0 aliphatic carbocycles. The molecule has 2 heterocycles. The smallest absolute Gasteiger partial charge is 0.404 e. The fourth-order valence-corrected chi connectivity index (χ4v) is 4.92. The number of anilines is 2. The SMILES string of the molecule is CC1Cn2ncc(C(=O)Nc3ccc(OCCNC(=O)O)c(C#N)c3)c2C(=O)N1c1ccc(C(F)(F)c2ccccc2)cc1. The number of fused-ring (bicyclic) bond motifs is 1. The van der Waals surface area contributed by atoms with Gasteiger partial charge in [-0.2, -0.15) is 19.1 Å². The van der Waals surface area contributed by atoms with Crippen molar-refractivity contribution in [2.45, 2.75) is 25.4 Å². The first-order chi connectivity index (χ1) is 21.1. The van der Waals surface area contributed by atoms with Crippen LogP contribution in [-0.2, 0) is 12.5 Å². The fraction of sp³-hybridized carbons (Fsp3) is 0.194. The van der Waals surface area contributed by atoms with E-state index in [0.29, 0.717) is 5.69 Å². The zero-order valence-corrected chi connectivity index (χ0v) is 23.3. The summed E-state index contributed by atoms with van der Waals surface area (Å²) in [6.45, 7) is 2.06. The Balaban J connectivity index is 1.33. The highest BCUT2D eigenvalue weighted by Crippen LogP contribution is 2.37. The largest absolute Gasteiger partial charge is 0.490 e. The number of carboxylic acid groups (broad SMARTS) is 1. The van der Waals surface area contributed by atoms with Crippen LogP contribution in [-0.4, -0.2) is 52.0 Å². The van der Waals surface area contributed by atoms with Gasteiger partial charge in [-0.1, -0.05) is 42.5 Å². The predicted octanol–water partition coefficient (Wildman–Crippen LogP) is 4.84. The van der Waals surface area contributed by atoms with Crippen LogP contribution in [0.1, 0.15) is 44.5 Å². The number of nitrogens with zero attached hydrogens (tertiary/aromatic N) is 4. The van der Waals surface area contributed by atoms with Crippen LogP contribution in [0.4, 0.5) is 25.0 Å². The van der Waals surface area contributed by atoms with Gasteiger partial charge < -0.3 is 25.4 Å². The molecule has 0 fully saturated rings. The highest BCUT2D eigenvalue weighted by Gasteiger charge is 2.37. The second-order valence-electron chi connectivity index (χ2n) is 9.96. The van der Waals surface area contributed by atoms with E-state index in [1.807, 2.05) is 6.07 Å². The third kappa shape index (κ3) is 5.91. The van der Waals surface area contributed by atoms with E-state index in [4.69, 9.17) is 9.84 Å². The molecular formula is C31H26F2N6O5. The van der Waals surface area contributed by atoms with Crippen LogP contribution in [0.5, 0.6) is 5.75 Å². The monoisotopic (exact) mass is 600 g/mol. The first kappa shape index (κ1) is 29.7. The van der Waals surface area contributed by atoms with Gasteiger partial charge in [-0.25, -0.2) is 4.79 Å². The lowest BCUT2D eigenvalue weighted by Gasteiger charge is -2.34. The van der Waals surface area contributed by atoms with Crippen molar-refractivity contribution in [2.24, 2.45) is 0 Å². The Labute approximate surface area is 250 Å². The zero-order chi connectivity index (χ0) is 31.4. The number of halogens is 2. The lowest BCUT2D eigenvalue weighted by atomic mass is 9.99.